The van der Waals surface area contributed by atoms with Crippen LogP contribution in [0.5, 0.6) is 5.75 Å². The molecule has 2 atom stereocenters. The van der Waals surface area contributed by atoms with E-state index in [-0.39, 0.29) is 42.8 Å². The molecule has 0 aliphatic carbocycles. The Balaban J connectivity index is -0.000000262. The number of likely N-dealkylation sites (N-methyl/N-ethyl adjacent to an activating group) is 1. The van der Waals surface area contributed by atoms with Gasteiger partial charge in [-0.05, 0) is 63.9 Å². The number of nitrogens with zero attached hydrogens (tertiary/aromatic N) is 1. The zero-order valence-corrected chi connectivity index (χ0v) is 30.3. The Bertz CT molecular complexity index is 942. The molecule has 0 radical (unpaired) electrons. The molecule has 2 amide bonds. The molecule has 2 rings (SSSR count). The number of ether oxygens (including phenoxy) is 1. The van der Waals surface area contributed by atoms with E-state index in [2.05, 4.69) is 29.8 Å². The van der Waals surface area contributed by atoms with E-state index in [9.17, 15) is 18.4 Å². The number of carbonyl (C=O) groups is 2. The third-order valence-electron chi connectivity index (χ3n) is 5.80. The predicted octanol–water partition coefficient (Wildman–Crippen LogP) is 6.48. The molecule has 0 bridgehead atoms. The Morgan fingerprint density at radius 2 is 1.44 bits per heavy atom. The molecular weight excluding hydrogens is 578 g/mol. The number of hydrogen-bond donors (Lipinski definition) is 4. The Labute approximate surface area is 273 Å². The van der Waals surface area contributed by atoms with Crippen LogP contribution in [0.4, 0.5) is 8.78 Å². The minimum atomic E-state index is -0.254. The summed E-state index contributed by atoms with van der Waals surface area (Å²) in [4.78, 5) is 22.2. The average molecular weight is 643 g/mol. The van der Waals surface area contributed by atoms with Crippen molar-refractivity contribution in [2.75, 3.05) is 47.0 Å². The lowest BCUT2D eigenvalue weighted by Crippen LogP contribution is -2.31. The summed E-state index contributed by atoms with van der Waals surface area (Å²) >= 11 is 0. The van der Waals surface area contributed by atoms with E-state index in [0.29, 0.717) is 11.7 Å². The van der Waals surface area contributed by atoms with E-state index in [1.807, 2.05) is 55.4 Å². The summed E-state index contributed by atoms with van der Waals surface area (Å²) in [6.45, 7) is 24.3. The quantitative estimate of drug-likeness (QED) is 0.209. The van der Waals surface area contributed by atoms with Crippen LogP contribution in [0, 0.1) is 31.4 Å². The summed E-state index contributed by atoms with van der Waals surface area (Å²) < 4.78 is 30.9. The Morgan fingerprint density at radius 1 is 0.911 bits per heavy atom. The van der Waals surface area contributed by atoms with Crippen LogP contribution in [0.3, 0.4) is 0 Å². The number of benzene rings is 2. The van der Waals surface area contributed by atoms with Crippen LogP contribution in [0.15, 0.2) is 42.5 Å². The van der Waals surface area contributed by atoms with Gasteiger partial charge in [0.2, 0.25) is 11.8 Å². The molecule has 4 N–H and O–H groups in total. The van der Waals surface area contributed by atoms with Gasteiger partial charge in [-0.25, -0.2) is 8.78 Å². The Hall–Kier alpha value is -3.08. The van der Waals surface area contributed by atoms with Crippen LogP contribution in [0.25, 0.3) is 0 Å². The largest absolute Gasteiger partial charge is 0.489 e. The second-order valence-corrected chi connectivity index (χ2v) is 9.60. The molecular formula is C35H64F2N4O4. The van der Waals surface area contributed by atoms with E-state index in [1.54, 1.807) is 44.1 Å². The van der Waals surface area contributed by atoms with Crippen molar-refractivity contribution in [1.82, 2.24) is 20.9 Å². The SMILES string of the molecule is CC.CC.CCC(C)CNC[C@@H](C)Oc1cc(F)ccc1C.CCN(C)C(C)=O.CNC(=O)CNCO.Cc1ccc(F)cc1. The van der Waals surface area contributed by atoms with E-state index in [4.69, 9.17) is 9.84 Å². The number of rotatable bonds is 11. The van der Waals surface area contributed by atoms with Crippen molar-refractivity contribution in [2.45, 2.75) is 88.7 Å². The monoisotopic (exact) mass is 642 g/mol. The number of aryl methyl sites for hydroxylation is 2. The molecule has 262 valence electrons. The van der Waals surface area contributed by atoms with Gasteiger partial charge in [-0.15, -0.1) is 0 Å². The minimum Gasteiger partial charge on any atom is -0.489 e. The molecule has 0 saturated heterocycles. The van der Waals surface area contributed by atoms with Crippen molar-refractivity contribution in [1.29, 1.82) is 0 Å². The topological polar surface area (TPSA) is 103 Å². The molecule has 8 nitrogen and oxygen atoms in total. The second kappa shape index (κ2) is 33.8. The molecule has 45 heavy (non-hydrogen) atoms. The van der Waals surface area contributed by atoms with Gasteiger partial charge in [-0.3, -0.25) is 14.9 Å². The van der Waals surface area contributed by atoms with Crippen LogP contribution >= 0.6 is 0 Å². The zero-order valence-electron chi connectivity index (χ0n) is 30.3. The van der Waals surface area contributed by atoms with Gasteiger partial charge in [-0.1, -0.05) is 71.7 Å². The first-order valence-electron chi connectivity index (χ1n) is 15.9. The number of halogens is 2. The van der Waals surface area contributed by atoms with E-state index in [0.717, 1.165) is 30.8 Å². The summed E-state index contributed by atoms with van der Waals surface area (Å²) in [5, 5.41) is 16.3. The highest BCUT2D eigenvalue weighted by Crippen LogP contribution is 2.19. The highest BCUT2D eigenvalue weighted by molar-refractivity contribution is 5.77. The fourth-order valence-corrected chi connectivity index (χ4v) is 2.65. The van der Waals surface area contributed by atoms with Crippen LogP contribution in [0.1, 0.15) is 79.9 Å². The second-order valence-electron chi connectivity index (χ2n) is 9.60. The maximum Gasteiger partial charge on any atom is 0.233 e. The summed E-state index contributed by atoms with van der Waals surface area (Å²) in [7, 11) is 3.32. The minimum absolute atomic E-state index is 0.0366. The van der Waals surface area contributed by atoms with Crippen molar-refractivity contribution >= 4 is 11.8 Å². The summed E-state index contributed by atoms with van der Waals surface area (Å²) in [6, 6.07) is 11.0. The lowest BCUT2D eigenvalue weighted by Gasteiger charge is -2.18. The molecule has 0 aliphatic heterocycles. The van der Waals surface area contributed by atoms with Gasteiger partial charge >= 0.3 is 0 Å². The maximum absolute atomic E-state index is 13.1. The summed E-state index contributed by atoms with van der Waals surface area (Å²) in [5.74, 6) is 0.883. The van der Waals surface area contributed by atoms with Crippen LogP contribution in [-0.4, -0.2) is 74.9 Å². The smallest absolute Gasteiger partial charge is 0.233 e. The average Bonchev–Trinajstić information content (AvgIpc) is 3.05. The van der Waals surface area contributed by atoms with E-state index < -0.39 is 0 Å². The first-order chi connectivity index (χ1) is 21.3. The van der Waals surface area contributed by atoms with Gasteiger partial charge in [0.15, 0.2) is 0 Å². The molecule has 0 fully saturated rings. The molecule has 0 spiro atoms. The highest BCUT2D eigenvalue weighted by atomic mass is 19.1. The number of aliphatic hydroxyl groups excluding tert-OH is 1. The van der Waals surface area contributed by atoms with Crippen molar-refractivity contribution in [3.63, 3.8) is 0 Å². The summed E-state index contributed by atoms with van der Waals surface area (Å²) in [6.07, 6.45) is 1.21. The molecule has 10 heteroatoms. The maximum atomic E-state index is 13.1. The van der Waals surface area contributed by atoms with Gasteiger partial charge < -0.3 is 25.4 Å². The van der Waals surface area contributed by atoms with Gasteiger partial charge in [0.25, 0.3) is 0 Å². The molecule has 1 unspecified atom stereocenters. The predicted molar refractivity (Wildman–Crippen MR) is 186 cm³/mol. The molecule has 0 saturated carbocycles. The van der Waals surface area contributed by atoms with Crippen molar-refractivity contribution < 1.29 is 28.2 Å². The van der Waals surface area contributed by atoms with Crippen LogP contribution < -0.4 is 20.7 Å². The normalized spacial score (nSPS) is 10.5. The third kappa shape index (κ3) is 32.1. The molecule has 0 heterocycles. The number of amides is 2. The lowest BCUT2D eigenvalue weighted by molar-refractivity contribution is -0.127. The summed E-state index contributed by atoms with van der Waals surface area (Å²) in [5.41, 5.74) is 2.05. The Kier molecular flexibility index (Phi) is 36.7. The first kappa shape index (κ1) is 48.8. The van der Waals surface area contributed by atoms with Gasteiger partial charge in [0.1, 0.15) is 23.5 Å². The standard InChI is InChI=1S/C15H24FNO.C7H7F.C5H11NO.C4H10N2O2.2C2H6/c1-5-11(2)9-17-10-13(4)18-15-8-14(16)7-6-12(15)3;1-6-2-4-7(8)5-3-6;1-4-6(3)5(2)7;1-5-4(8)2-6-3-7;2*1-2/h6-8,11,13,17H,5,9-10H2,1-4H3;2-5H,1H3;4H2,1-3H3;6-7H,2-3H2,1H3,(H,5,8);2*1-2H3/t11?,13-;;;;;/m1...../s1. The zero-order chi connectivity index (χ0) is 35.8. The Morgan fingerprint density at radius 3 is 1.84 bits per heavy atom. The fraction of sp³-hybridized carbons (Fsp3) is 0.600. The first-order valence-corrected chi connectivity index (χ1v) is 15.9. The van der Waals surface area contributed by atoms with Crippen molar-refractivity contribution in [3.8, 4) is 5.75 Å². The molecule has 0 aromatic heterocycles. The van der Waals surface area contributed by atoms with Gasteiger partial charge in [0.05, 0.1) is 13.3 Å². The fourth-order valence-electron chi connectivity index (χ4n) is 2.65. The highest BCUT2D eigenvalue weighted by Gasteiger charge is 2.08. The van der Waals surface area contributed by atoms with E-state index >= 15 is 0 Å². The van der Waals surface area contributed by atoms with Crippen molar-refractivity contribution in [3.05, 3.63) is 65.2 Å². The van der Waals surface area contributed by atoms with Crippen LogP contribution in [-0.2, 0) is 9.59 Å². The number of nitrogens with one attached hydrogen (secondary N) is 3. The lowest BCUT2D eigenvalue weighted by atomic mass is 10.1. The van der Waals surface area contributed by atoms with E-state index in [1.165, 1.54) is 30.7 Å². The van der Waals surface area contributed by atoms with Crippen molar-refractivity contribution in [2.24, 2.45) is 5.92 Å². The number of aliphatic hydroxyl groups is 1. The molecule has 0 aliphatic rings. The van der Waals surface area contributed by atoms with Gasteiger partial charge in [0, 0.05) is 40.2 Å². The molecule has 2 aromatic rings. The van der Waals surface area contributed by atoms with Gasteiger partial charge in [-0.2, -0.15) is 0 Å². The number of hydrogen-bond acceptors (Lipinski definition) is 6. The number of carbonyl (C=O) groups excluding carboxylic acids is 2. The van der Waals surface area contributed by atoms with Crippen LogP contribution in [0.2, 0.25) is 0 Å². The third-order valence-corrected chi connectivity index (χ3v) is 5.80. The molecule has 2 aromatic carbocycles.